The molecule has 2 aliphatic heterocycles. The predicted octanol–water partition coefficient (Wildman–Crippen LogP) is -1.84. The lowest BCUT2D eigenvalue weighted by molar-refractivity contribution is -0.122. The van der Waals surface area contributed by atoms with E-state index in [2.05, 4.69) is 10.4 Å². The lowest BCUT2D eigenvalue weighted by atomic mass is 10.0. The third-order valence-electron chi connectivity index (χ3n) is 3.91. The van der Waals surface area contributed by atoms with Gasteiger partial charge in [0.1, 0.15) is 0 Å². The Morgan fingerprint density at radius 3 is 2.76 bits per heavy atom. The van der Waals surface area contributed by atoms with E-state index < -0.39 is 17.8 Å². The van der Waals surface area contributed by atoms with Gasteiger partial charge in [0, 0.05) is 26.1 Å². The van der Waals surface area contributed by atoms with E-state index in [1.54, 1.807) is 4.68 Å². The van der Waals surface area contributed by atoms with Gasteiger partial charge in [-0.25, -0.2) is 4.79 Å². The lowest BCUT2D eigenvalue weighted by Gasteiger charge is -2.22. The molecule has 5 N–H and O–H groups in total. The van der Waals surface area contributed by atoms with Gasteiger partial charge in [0.25, 0.3) is 5.91 Å². The van der Waals surface area contributed by atoms with Crippen molar-refractivity contribution in [1.82, 2.24) is 20.0 Å². The summed E-state index contributed by atoms with van der Waals surface area (Å²) >= 11 is 0. The molecule has 1 atom stereocenters. The summed E-state index contributed by atoms with van der Waals surface area (Å²) in [6, 6.07) is -0.762. The van der Waals surface area contributed by atoms with Crippen LogP contribution in [0, 0.1) is 5.92 Å². The Balaban J connectivity index is 2.00. The molecule has 0 radical (unpaired) electrons. The minimum absolute atomic E-state index is 0.226. The molecule has 112 valence electrons. The van der Waals surface area contributed by atoms with E-state index in [0.29, 0.717) is 43.0 Å². The van der Waals surface area contributed by atoms with Crippen LogP contribution in [0.25, 0.3) is 0 Å². The van der Waals surface area contributed by atoms with Gasteiger partial charge >= 0.3 is 6.03 Å². The van der Waals surface area contributed by atoms with Crippen LogP contribution in [0.5, 0.6) is 0 Å². The van der Waals surface area contributed by atoms with Gasteiger partial charge in [-0.1, -0.05) is 0 Å². The van der Waals surface area contributed by atoms with Gasteiger partial charge in [-0.15, -0.1) is 0 Å². The summed E-state index contributed by atoms with van der Waals surface area (Å²) in [7, 11) is 0. The first-order chi connectivity index (χ1) is 9.99. The first-order valence-electron chi connectivity index (χ1n) is 6.69. The van der Waals surface area contributed by atoms with Crippen molar-refractivity contribution in [3.8, 4) is 0 Å². The number of rotatable bonds is 1. The van der Waals surface area contributed by atoms with Gasteiger partial charge in [-0.3, -0.25) is 19.2 Å². The second kappa shape index (κ2) is 4.85. The molecule has 4 amide bonds. The van der Waals surface area contributed by atoms with E-state index in [0.717, 1.165) is 4.90 Å². The number of hydrogen-bond acceptors (Lipinski definition) is 5. The van der Waals surface area contributed by atoms with Gasteiger partial charge in [0.2, 0.25) is 5.91 Å². The molecule has 0 fully saturated rings. The Bertz CT molecular complexity index is 637. The van der Waals surface area contributed by atoms with Crippen LogP contribution in [-0.2, 0) is 24.3 Å². The number of primary amides is 2. The molecule has 0 bridgehead atoms. The van der Waals surface area contributed by atoms with Gasteiger partial charge in [0.15, 0.2) is 0 Å². The van der Waals surface area contributed by atoms with Crippen LogP contribution in [0.3, 0.4) is 0 Å². The molecule has 21 heavy (non-hydrogen) atoms. The summed E-state index contributed by atoms with van der Waals surface area (Å²) in [6.45, 7) is 1.38. The Labute approximate surface area is 120 Å². The molecule has 3 heterocycles. The first kappa shape index (κ1) is 13.6. The van der Waals surface area contributed by atoms with Crippen molar-refractivity contribution in [3.05, 3.63) is 17.0 Å². The number of fused-ring (bicyclic) bond motifs is 3. The number of imide groups is 1. The van der Waals surface area contributed by atoms with E-state index in [1.165, 1.54) is 0 Å². The third-order valence-corrected chi connectivity index (χ3v) is 3.91. The summed E-state index contributed by atoms with van der Waals surface area (Å²) < 4.78 is 1.64. The van der Waals surface area contributed by atoms with E-state index in [-0.39, 0.29) is 12.5 Å². The summed E-state index contributed by atoms with van der Waals surface area (Å²) in [5.74, 6) is -1.21. The highest BCUT2D eigenvalue weighted by atomic mass is 16.2. The Morgan fingerprint density at radius 2 is 2.10 bits per heavy atom. The summed E-state index contributed by atoms with van der Waals surface area (Å²) in [5, 5.41) is 7.48. The maximum Gasteiger partial charge on any atom is 0.321 e. The fraction of sp³-hybridized carbons (Fsp3) is 0.500. The number of nitrogens with two attached hydrogens (primary N) is 2. The van der Waals surface area contributed by atoms with Crippen LogP contribution in [0.4, 0.5) is 4.79 Å². The highest BCUT2D eigenvalue weighted by Gasteiger charge is 2.35. The topological polar surface area (TPSA) is 136 Å². The van der Waals surface area contributed by atoms with Gasteiger partial charge in [0.05, 0.1) is 29.4 Å². The molecule has 1 aromatic heterocycles. The molecule has 0 saturated carbocycles. The zero-order valence-electron chi connectivity index (χ0n) is 11.3. The van der Waals surface area contributed by atoms with Crippen molar-refractivity contribution >= 4 is 17.8 Å². The van der Waals surface area contributed by atoms with Crippen molar-refractivity contribution in [2.75, 3.05) is 13.1 Å². The van der Waals surface area contributed by atoms with E-state index in [4.69, 9.17) is 11.5 Å². The zero-order chi connectivity index (χ0) is 15.1. The zero-order valence-corrected chi connectivity index (χ0v) is 11.3. The average Bonchev–Trinajstić information content (AvgIpc) is 2.62. The molecule has 2 aliphatic rings. The Hall–Kier alpha value is -2.42. The lowest BCUT2D eigenvalue weighted by Crippen LogP contribution is -2.45. The number of nitrogens with one attached hydrogen (secondary N) is 1. The second-order valence-electron chi connectivity index (χ2n) is 5.23. The fourth-order valence-corrected chi connectivity index (χ4v) is 2.80. The molecule has 1 unspecified atom stereocenters. The third kappa shape index (κ3) is 2.15. The largest absolute Gasteiger partial charge is 0.369 e. The molecule has 9 nitrogen and oxygen atoms in total. The monoisotopic (exact) mass is 292 g/mol. The SMILES string of the molecule is NC(=O)C1CNCc2c3c(nn2C1)CCN(C(N)=O)C3=O. The van der Waals surface area contributed by atoms with Crippen molar-refractivity contribution in [1.29, 1.82) is 0 Å². The summed E-state index contributed by atoms with van der Waals surface area (Å²) in [5.41, 5.74) is 12.3. The summed E-state index contributed by atoms with van der Waals surface area (Å²) in [4.78, 5) is 36.1. The molecule has 0 aliphatic carbocycles. The molecule has 0 aromatic carbocycles. The van der Waals surface area contributed by atoms with Crippen LogP contribution in [-0.4, -0.2) is 45.6 Å². The minimum Gasteiger partial charge on any atom is -0.369 e. The van der Waals surface area contributed by atoms with Crippen molar-refractivity contribution in [2.45, 2.75) is 19.5 Å². The molecule has 0 spiro atoms. The molecule has 1 aromatic rings. The van der Waals surface area contributed by atoms with Crippen LogP contribution >= 0.6 is 0 Å². The van der Waals surface area contributed by atoms with E-state index >= 15 is 0 Å². The van der Waals surface area contributed by atoms with Crippen LogP contribution in [0.2, 0.25) is 0 Å². The molecular weight excluding hydrogens is 276 g/mol. The Kier molecular flexibility index (Phi) is 3.13. The average molecular weight is 292 g/mol. The van der Waals surface area contributed by atoms with Crippen molar-refractivity contribution in [2.24, 2.45) is 17.4 Å². The van der Waals surface area contributed by atoms with E-state index in [1.807, 2.05) is 0 Å². The highest BCUT2D eigenvalue weighted by molar-refractivity contribution is 6.06. The predicted molar refractivity (Wildman–Crippen MR) is 70.9 cm³/mol. The number of aromatic nitrogens is 2. The minimum atomic E-state index is -0.762. The highest BCUT2D eigenvalue weighted by Crippen LogP contribution is 2.24. The standard InChI is InChI=1S/C12H16N6O3/c13-10(19)6-3-15-4-8-9-7(16-18(8)5-6)1-2-17(11(9)20)12(14)21/h6,15H,1-5H2,(H2,13,19)(H2,14,21). The number of carbonyl (C=O) groups excluding carboxylic acids is 3. The van der Waals surface area contributed by atoms with Crippen LogP contribution in [0.15, 0.2) is 0 Å². The number of carbonyl (C=O) groups is 3. The van der Waals surface area contributed by atoms with Gasteiger partial charge < -0.3 is 16.8 Å². The number of hydrogen-bond donors (Lipinski definition) is 3. The first-order valence-corrected chi connectivity index (χ1v) is 6.69. The number of urea groups is 1. The Morgan fingerprint density at radius 1 is 1.33 bits per heavy atom. The smallest absolute Gasteiger partial charge is 0.321 e. The quantitative estimate of drug-likeness (QED) is 0.559. The van der Waals surface area contributed by atoms with Gasteiger partial charge in [-0.2, -0.15) is 5.10 Å². The van der Waals surface area contributed by atoms with E-state index in [9.17, 15) is 14.4 Å². The fourth-order valence-electron chi connectivity index (χ4n) is 2.80. The number of nitrogens with zero attached hydrogens (tertiary/aromatic N) is 3. The second-order valence-corrected chi connectivity index (χ2v) is 5.23. The summed E-state index contributed by atoms with van der Waals surface area (Å²) in [6.07, 6.45) is 0.464. The van der Waals surface area contributed by atoms with Crippen LogP contribution < -0.4 is 16.8 Å². The molecular formula is C12H16N6O3. The maximum absolute atomic E-state index is 12.4. The number of amides is 4. The van der Waals surface area contributed by atoms with Crippen molar-refractivity contribution < 1.29 is 14.4 Å². The molecule has 0 saturated heterocycles. The van der Waals surface area contributed by atoms with Gasteiger partial charge in [-0.05, 0) is 0 Å². The normalized spacial score (nSPS) is 21.4. The molecule has 9 heteroatoms. The van der Waals surface area contributed by atoms with Crippen LogP contribution in [0.1, 0.15) is 21.7 Å². The molecule has 3 rings (SSSR count). The maximum atomic E-state index is 12.4. The van der Waals surface area contributed by atoms with Crippen molar-refractivity contribution in [3.63, 3.8) is 0 Å².